The van der Waals surface area contributed by atoms with E-state index in [-0.39, 0.29) is 5.56 Å². The van der Waals surface area contributed by atoms with E-state index in [0.29, 0.717) is 31.0 Å². The lowest BCUT2D eigenvalue weighted by atomic mass is 10.1. The molecule has 0 saturated carbocycles. The second-order valence-corrected chi connectivity index (χ2v) is 4.52. The van der Waals surface area contributed by atoms with Gasteiger partial charge in [-0.25, -0.2) is 4.39 Å². The second-order valence-electron chi connectivity index (χ2n) is 4.52. The van der Waals surface area contributed by atoms with Crippen molar-refractivity contribution in [3.8, 4) is 0 Å². The van der Waals surface area contributed by atoms with Crippen LogP contribution in [0.1, 0.15) is 29.3 Å². The Morgan fingerprint density at radius 1 is 1.26 bits per heavy atom. The van der Waals surface area contributed by atoms with Crippen LogP contribution in [0.5, 0.6) is 0 Å². The number of halogens is 1. The van der Waals surface area contributed by atoms with E-state index >= 15 is 0 Å². The first kappa shape index (κ1) is 13.7. The third kappa shape index (κ3) is 2.51. The van der Waals surface area contributed by atoms with E-state index in [2.05, 4.69) is 0 Å². The van der Waals surface area contributed by atoms with Crippen molar-refractivity contribution in [3.05, 3.63) is 29.1 Å². The van der Waals surface area contributed by atoms with E-state index in [9.17, 15) is 14.0 Å². The number of carbonyl (C=O) groups excluding carboxylic acids is 2. The number of hydrogen-bond acceptors (Lipinski definition) is 3. The number of hydrogen-bond donors (Lipinski definition) is 0. The van der Waals surface area contributed by atoms with E-state index < -0.39 is 17.5 Å². The molecule has 1 aromatic carbocycles. The van der Waals surface area contributed by atoms with Gasteiger partial charge in [0.2, 0.25) is 0 Å². The quantitative estimate of drug-likeness (QED) is 0.605. The van der Waals surface area contributed by atoms with Gasteiger partial charge in [-0.05, 0) is 31.0 Å². The molecule has 0 spiro atoms. The molecule has 0 aliphatic carbocycles. The van der Waals surface area contributed by atoms with Gasteiger partial charge in [0.25, 0.3) is 11.7 Å². The summed E-state index contributed by atoms with van der Waals surface area (Å²) in [5.41, 5.74) is 1.25. The molecule has 4 nitrogen and oxygen atoms in total. The summed E-state index contributed by atoms with van der Waals surface area (Å²) >= 11 is 0. The Bertz CT molecular complexity index is 528. The Kier molecular flexibility index (Phi) is 3.95. The highest BCUT2D eigenvalue weighted by Crippen LogP contribution is 2.32. The van der Waals surface area contributed by atoms with Crippen molar-refractivity contribution in [1.82, 2.24) is 0 Å². The average Bonchev–Trinajstić information content (AvgIpc) is 2.60. The van der Waals surface area contributed by atoms with Crippen LogP contribution in [0, 0.1) is 12.7 Å². The molecule has 0 saturated heterocycles. The van der Waals surface area contributed by atoms with Crippen LogP contribution in [0.15, 0.2) is 12.1 Å². The first-order valence-corrected chi connectivity index (χ1v) is 6.30. The minimum Gasteiger partial charge on any atom is -0.380 e. The molecule has 0 aromatic heterocycles. The first-order valence-electron chi connectivity index (χ1n) is 6.30. The summed E-state index contributed by atoms with van der Waals surface area (Å²) in [5, 5.41) is 0. The lowest BCUT2D eigenvalue weighted by molar-refractivity contribution is -0.114. The fraction of sp³-hybridized carbons (Fsp3) is 0.429. The number of aryl methyl sites for hydroxylation is 1. The van der Waals surface area contributed by atoms with E-state index in [4.69, 9.17) is 4.74 Å². The molecule has 0 atom stereocenters. The van der Waals surface area contributed by atoms with E-state index in [1.165, 1.54) is 11.0 Å². The summed E-state index contributed by atoms with van der Waals surface area (Å²) in [7, 11) is 0. The van der Waals surface area contributed by atoms with E-state index in [1.807, 2.05) is 6.92 Å². The van der Waals surface area contributed by atoms with Crippen LogP contribution in [0.2, 0.25) is 0 Å². The molecule has 0 radical (unpaired) electrons. The van der Waals surface area contributed by atoms with E-state index in [1.54, 1.807) is 6.92 Å². The zero-order chi connectivity index (χ0) is 14.0. The van der Waals surface area contributed by atoms with Crippen molar-refractivity contribution in [2.24, 2.45) is 0 Å². The van der Waals surface area contributed by atoms with Crippen molar-refractivity contribution >= 4 is 17.4 Å². The van der Waals surface area contributed by atoms with Crippen LogP contribution in [0.3, 0.4) is 0 Å². The van der Waals surface area contributed by atoms with E-state index in [0.717, 1.165) is 12.5 Å². The number of ether oxygens (including phenoxy) is 1. The minimum atomic E-state index is -0.645. The van der Waals surface area contributed by atoms with Crippen LogP contribution >= 0.6 is 0 Å². The predicted octanol–water partition coefficient (Wildman–Crippen LogP) is 2.09. The summed E-state index contributed by atoms with van der Waals surface area (Å²) < 4.78 is 18.6. The molecule has 0 fully saturated rings. The number of fused-ring (bicyclic) bond motifs is 1. The highest BCUT2D eigenvalue weighted by Gasteiger charge is 2.37. The van der Waals surface area contributed by atoms with Gasteiger partial charge in [-0.15, -0.1) is 0 Å². The maximum atomic E-state index is 13.3. The second kappa shape index (κ2) is 5.48. The number of carbonyl (C=O) groups is 2. The fourth-order valence-electron chi connectivity index (χ4n) is 2.22. The Labute approximate surface area is 111 Å². The van der Waals surface area contributed by atoms with Gasteiger partial charge in [0.05, 0.1) is 17.9 Å². The molecular weight excluding hydrogens is 249 g/mol. The standard InChI is InChI=1S/C14H16FNO3/c1-3-5-19-6-4-16-12-9(2)7-10(15)8-11(12)13(17)14(16)18/h7-8H,3-6H2,1-2H3. The Morgan fingerprint density at radius 3 is 2.68 bits per heavy atom. The molecule has 19 heavy (non-hydrogen) atoms. The largest absolute Gasteiger partial charge is 0.380 e. The van der Waals surface area contributed by atoms with Crippen molar-refractivity contribution in [2.45, 2.75) is 20.3 Å². The number of anilines is 1. The molecule has 1 aliphatic rings. The number of ketones is 1. The van der Waals surface area contributed by atoms with Crippen molar-refractivity contribution in [2.75, 3.05) is 24.7 Å². The minimum absolute atomic E-state index is 0.151. The summed E-state index contributed by atoms with van der Waals surface area (Å²) in [6.45, 7) is 4.97. The highest BCUT2D eigenvalue weighted by atomic mass is 19.1. The van der Waals surface area contributed by atoms with Gasteiger partial charge in [-0.2, -0.15) is 0 Å². The molecule has 102 valence electrons. The first-order chi connectivity index (χ1) is 9.06. The summed E-state index contributed by atoms with van der Waals surface area (Å²) in [6, 6.07) is 2.44. The Hall–Kier alpha value is -1.75. The van der Waals surface area contributed by atoms with Gasteiger partial charge >= 0.3 is 0 Å². The topological polar surface area (TPSA) is 46.6 Å². The molecule has 1 heterocycles. The molecule has 1 amide bonds. The maximum absolute atomic E-state index is 13.3. The summed E-state index contributed by atoms with van der Waals surface area (Å²) in [6.07, 6.45) is 0.897. The fourth-order valence-corrected chi connectivity index (χ4v) is 2.22. The van der Waals surface area contributed by atoms with Crippen LogP contribution in [-0.2, 0) is 9.53 Å². The number of rotatable bonds is 5. The zero-order valence-corrected chi connectivity index (χ0v) is 11.0. The number of benzene rings is 1. The Balaban J connectivity index is 2.23. The van der Waals surface area contributed by atoms with Crippen molar-refractivity contribution in [1.29, 1.82) is 0 Å². The monoisotopic (exact) mass is 265 g/mol. The molecule has 0 bridgehead atoms. The van der Waals surface area contributed by atoms with Gasteiger partial charge in [-0.1, -0.05) is 6.92 Å². The van der Waals surface area contributed by atoms with Gasteiger partial charge in [0.1, 0.15) is 5.82 Å². The summed E-state index contributed by atoms with van der Waals surface area (Å²) in [4.78, 5) is 25.1. The summed E-state index contributed by atoms with van der Waals surface area (Å²) in [5.74, 6) is -1.75. The number of nitrogens with zero attached hydrogens (tertiary/aromatic N) is 1. The SMILES string of the molecule is CCCOCCN1C(=O)C(=O)c2cc(F)cc(C)c21. The van der Waals surface area contributed by atoms with Crippen molar-refractivity contribution in [3.63, 3.8) is 0 Å². The smallest absolute Gasteiger partial charge is 0.299 e. The zero-order valence-electron chi connectivity index (χ0n) is 11.0. The molecule has 0 N–H and O–H groups in total. The molecule has 5 heteroatoms. The lowest BCUT2D eigenvalue weighted by Gasteiger charge is -2.18. The van der Waals surface area contributed by atoms with Crippen LogP contribution in [0.4, 0.5) is 10.1 Å². The number of amides is 1. The van der Waals surface area contributed by atoms with Gasteiger partial charge in [0, 0.05) is 13.2 Å². The van der Waals surface area contributed by atoms with Gasteiger partial charge < -0.3 is 9.64 Å². The van der Waals surface area contributed by atoms with Crippen LogP contribution in [-0.4, -0.2) is 31.4 Å². The lowest BCUT2D eigenvalue weighted by Crippen LogP contribution is -2.33. The normalized spacial score (nSPS) is 14.2. The third-order valence-electron chi connectivity index (χ3n) is 3.03. The number of Topliss-reactive ketones (excluding diaryl/α,β-unsaturated/α-hetero) is 1. The van der Waals surface area contributed by atoms with Crippen LogP contribution in [0.25, 0.3) is 0 Å². The maximum Gasteiger partial charge on any atom is 0.299 e. The molecule has 2 rings (SSSR count). The molecule has 0 unspecified atom stereocenters. The van der Waals surface area contributed by atoms with Gasteiger partial charge in [-0.3, -0.25) is 9.59 Å². The molecular formula is C14H16FNO3. The van der Waals surface area contributed by atoms with Crippen molar-refractivity contribution < 1.29 is 18.7 Å². The van der Waals surface area contributed by atoms with Crippen LogP contribution < -0.4 is 4.90 Å². The molecule has 1 aromatic rings. The average molecular weight is 265 g/mol. The molecule has 1 aliphatic heterocycles. The van der Waals surface area contributed by atoms with Gasteiger partial charge in [0.15, 0.2) is 0 Å². The third-order valence-corrected chi connectivity index (χ3v) is 3.03. The Morgan fingerprint density at radius 2 is 2.00 bits per heavy atom. The highest BCUT2D eigenvalue weighted by molar-refractivity contribution is 6.52. The predicted molar refractivity (Wildman–Crippen MR) is 68.9 cm³/mol.